The van der Waals surface area contributed by atoms with E-state index in [9.17, 15) is 13.5 Å². The first-order valence-corrected chi connectivity index (χ1v) is 8.12. The van der Waals surface area contributed by atoms with Crippen LogP contribution in [0.3, 0.4) is 0 Å². The van der Waals surface area contributed by atoms with Crippen LogP contribution in [0.25, 0.3) is 10.8 Å². The van der Waals surface area contributed by atoms with Crippen LogP contribution in [-0.4, -0.2) is 29.6 Å². The van der Waals surface area contributed by atoms with E-state index in [-0.39, 0.29) is 4.90 Å². The van der Waals surface area contributed by atoms with Crippen LogP contribution in [0, 0.1) is 0 Å². The molecule has 0 amide bonds. The monoisotopic (exact) mass is 308 g/mol. The van der Waals surface area contributed by atoms with E-state index in [0.29, 0.717) is 5.39 Å². The molecule has 0 atom stereocenters. The Morgan fingerprint density at radius 2 is 1.81 bits per heavy atom. The topological polar surface area (TPSA) is 79.3 Å². The summed E-state index contributed by atoms with van der Waals surface area (Å²) in [5, 5.41) is 11.5. The number of benzene rings is 1. The Kier molecular flexibility index (Phi) is 3.82. The maximum absolute atomic E-state index is 12.7. The molecule has 0 radical (unpaired) electrons. The summed E-state index contributed by atoms with van der Waals surface area (Å²) in [6, 6.07) is 6.70. The summed E-state index contributed by atoms with van der Waals surface area (Å²) in [6.07, 6.45) is 3.18. The Balaban J connectivity index is 2.54. The van der Waals surface area contributed by atoms with Crippen molar-refractivity contribution >= 4 is 20.8 Å². The molecule has 0 aliphatic carbocycles. The van der Waals surface area contributed by atoms with E-state index in [4.69, 9.17) is 0 Å². The highest BCUT2D eigenvalue weighted by Gasteiger charge is 2.39. The lowest BCUT2D eigenvalue weighted by Crippen LogP contribution is -2.57. The zero-order valence-electron chi connectivity index (χ0n) is 12.6. The second-order valence-corrected chi connectivity index (χ2v) is 7.79. The molecule has 0 spiro atoms. The van der Waals surface area contributed by atoms with Crippen molar-refractivity contribution in [2.75, 3.05) is 0 Å². The Labute approximate surface area is 125 Å². The van der Waals surface area contributed by atoms with Gasteiger partial charge < -0.3 is 5.11 Å². The van der Waals surface area contributed by atoms with Gasteiger partial charge in [-0.15, -0.1) is 0 Å². The highest BCUT2D eigenvalue weighted by molar-refractivity contribution is 7.89. The number of nitrogens with one attached hydrogen (secondary N) is 1. The van der Waals surface area contributed by atoms with Crippen LogP contribution in [0.2, 0.25) is 0 Å². The molecular weight excluding hydrogens is 288 g/mol. The standard InChI is InChI=1S/C15H20N2O3S/c1-14(2,15(3,4)18)17-21(19,20)13-7-5-6-11-10-16-9-8-12(11)13/h5-10,17-18H,1-4H3. The van der Waals surface area contributed by atoms with E-state index in [1.807, 2.05) is 6.07 Å². The second-order valence-electron chi connectivity index (χ2n) is 6.14. The summed E-state index contributed by atoms with van der Waals surface area (Å²) in [5.74, 6) is 0. The number of nitrogens with zero attached hydrogens (tertiary/aromatic N) is 1. The average Bonchev–Trinajstić information content (AvgIpc) is 2.35. The molecule has 114 valence electrons. The fraction of sp³-hybridized carbons (Fsp3) is 0.400. The molecule has 1 aromatic carbocycles. The Bertz CT molecular complexity index is 757. The molecule has 0 fully saturated rings. The van der Waals surface area contributed by atoms with Gasteiger partial charge in [0.1, 0.15) is 0 Å². The average molecular weight is 308 g/mol. The SMILES string of the molecule is CC(C)(O)C(C)(C)NS(=O)(=O)c1cccc2cnccc12. The summed E-state index contributed by atoms with van der Waals surface area (Å²) in [7, 11) is -3.77. The number of rotatable bonds is 4. The molecule has 0 bridgehead atoms. The Morgan fingerprint density at radius 3 is 2.43 bits per heavy atom. The van der Waals surface area contributed by atoms with Crippen LogP contribution >= 0.6 is 0 Å². The van der Waals surface area contributed by atoms with Gasteiger partial charge in [-0.2, -0.15) is 0 Å². The number of hydrogen-bond acceptors (Lipinski definition) is 4. The number of sulfonamides is 1. The molecule has 2 N–H and O–H groups in total. The number of hydrogen-bond donors (Lipinski definition) is 2. The van der Waals surface area contributed by atoms with Gasteiger partial charge in [-0.3, -0.25) is 4.98 Å². The first-order valence-electron chi connectivity index (χ1n) is 6.64. The summed E-state index contributed by atoms with van der Waals surface area (Å²) in [6.45, 7) is 6.44. The van der Waals surface area contributed by atoms with Gasteiger partial charge in [0.05, 0.1) is 16.0 Å². The van der Waals surface area contributed by atoms with Crippen LogP contribution in [0.1, 0.15) is 27.7 Å². The molecule has 0 unspecified atom stereocenters. The maximum Gasteiger partial charge on any atom is 0.241 e. The van der Waals surface area contributed by atoms with Crippen LogP contribution in [0.5, 0.6) is 0 Å². The van der Waals surface area contributed by atoms with Gasteiger partial charge in [-0.1, -0.05) is 12.1 Å². The third-order valence-corrected chi connectivity index (χ3v) is 5.56. The smallest absolute Gasteiger partial charge is 0.241 e. The van der Waals surface area contributed by atoms with E-state index in [0.717, 1.165) is 5.39 Å². The zero-order valence-corrected chi connectivity index (χ0v) is 13.4. The molecule has 21 heavy (non-hydrogen) atoms. The van der Waals surface area contributed by atoms with Gasteiger partial charge in [0.15, 0.2) is 0 Å². The lowest BCUT2D eigenvalue weighted by atomic mass is 9.87. The maximum atomic E-state index is 12.7. The molecule has 0 aliphatic rings. The fourth-order valence-corrected chi connectivity index (χ4v) is 3.61. The van der Waals surface area contributed by atoms with Gasteiger partial charge in [0.2, 0.25) is 10.0 Å². The quantitative estimate of drug-likeness (QED) is 0.906. The predicted octanol–water partition coefficient (Wildman–Crippen LogP) is 2.06. The number of aliphatic hydroxyl groups is 1. The van der Waals surface area contributed by atoms with Gasteiger partial charge in [0, 0.05) is 23.2 Å². The summed E-state index contributed by atoms with van der Waals surface area (Å²) >= 11 is 0. The van der Waals surface area contributed by atoms with E-state index < -0.39 is 21.2 Å². The van der Waals surface area contributed by atoms with E-state index in [2.05, 4.69) is 9.71 Å². The van der Waals surface area contributed by atoms with Crippen molar-refractivity contribution in [2.45, 2.75) is 43.7 Å². The number of pyridine rings is 1. The van der Waals surface area contributed by atoms with Crippen molar-refractivity contribution in [3.8, 4) is 0 Å². The molecule has 6 heteroatoms. The summed E-state index contributed by atoms with van der Waals surface area (Å²) < 4.78 is 27.9. The molecule has 2 aromatic rings. The Hall–Kier alpha value is -1.50. The van der Waals surface area contributed by atoms with Gasteiger partial charge in [-0.25, -0.2) is 13.1 Å². The molecule has 5 nitrogen and oxygen atoms in total. The molecule has 0 saturated heterocycles. The van der Waals surface area contributed by atoms with E-state index in [1.165, 1.54) is 0 Å². The molecular formula is C15H20N2O3S. The van der Waals surface area contributed by atoms with Crippen LogP contribution in [0.15, 0.2) is 41.6 Å². The lowest BCUT2D eigenvalue weighted by molar-refractivity contribution is 0.00639. The number of fused-ring (bicyclic) bond motifs is 1. The zero-order chi connectivity index (χ0) is 15.9. The summed E-state index contributed by atoms with van der Waals surface area (Å²) in [5.41, 5.74) is -2.22. The minimum atomic E-state index is -3.77. The van der Waals surface area contributed by atoms with E-state index >= 15 is 0 Å². The highest BCUT2D eigenvalue weighted by Crippen LogP contribution is 2.26. The minimum absolute atomic E-state index is 0.180. The highest BCUT2D eigenvalue weighted by atomic mass is 32.2. The van der Waals surface area contributed by atoms with Crippen LogP contribution in [0.4, 0.5) is 0 Å². The second kappa shape index (κ2) is 5.05. The molecule has 0 aliphatic heterocycles. The van der Waals surface area contributed by atoms with Gasteiger partial charge in [-0.05, 0) is 39.8 Å². The fourth-order valence-electron chi connectivity index (χ4n) is 1.84. The number of aromatic nitrogens is 1. The summed E-state index contributed by atoms with van der Waals surface area (Å²) in [4.78, 5) is 4.17. The lowest BCUT2D eigenvalue weighted by Gasteiger charge is -2.37. The predicted molar refractivity (Wildman–Crippen MR) is 82.4 cm³/mol. The normalized spacial score (nSPS) is 13.6. The van der Waals surface area contributed by atoms with Crippen LogP contribution in [-0.2, 0) is 10.0 Å². The first-order chi connectivity index (χ1) is 9.55. The van der Waals surface area contributed by atoms with Crippen LogP contribution < -0.4 is 4.72 Å². The van der Waals surface area contributed by atoms with E-state index in [1.54, 1.807) is 58.3 Å². The van der Waals surface area contributed by atoms with Crippen molar-refractivity contribution in [3.05, 3.63) is 36.7 Å². The van der Waals surface area contributed by atoms with Crippen molar-refractivity contribution < 1.29 is 13.5 Å². The van der Waals surface area contributed by atoms with Gasteiger partial charge in [0.25, 0.3) is 0 Å². The Morgan fingerprint density at radius 1 is 1.14 bits per heavy atom. The first kappa shape index (κ1) is 15.9. The third kappa shape index (κ3) is 3.07. The molecule has 1 aromatic heterocycles. The third-order valence-electron chi connectivity index (χ3n) is 3.85. The minimum Gasteiger partial charge on any atom is -0.389 e. The van der Waals surface area contributed by atoms with Crippen molar-refractivity contribution in [1.82, 2.24) is 9.71 Å². The van der Waals surface area contributed by atoms with Crippen molar-refractivity contribution in [3.63, 3.8) is 0 Å². The molecule has 2 rings (SSSR count). The molecule has 1 heterocycles. The van der Waals surface area contributed by atoms with Crippen molar-refractivity contribution in [1.29, 1.82) is 0 Å². The molecule has 0 saturated carbocycles. The van der Waals surface area contributed by atoms with Gasteiger partial charge >= 0.3 is 0 Å². The largest absolute Gasteiger partial charge is 0.389 e. The van der Waals surface area contributed by atoms with Crippen molar-refractivity contribution in [2.24, 2.45) is 0 Å².